The summed E-state index contributed by atoms with van der Waals surface area (Å²) in [6.07, 6.45) is 1.97. The van der Waals surface area contributed by atoms with Crippen LogP contribution in [0, 0.1) is 0 Å². The van der Waals surface area contributed by atoms with Crippen LogP contribution in [-0.2, 0) is 4.79 Å². The molecule has 20 heavy (non-hydrogen) atoms. The van der Waals surface area contributed by atoms with Gasteiger partial charge in [0.2, 0.25) is 5.91 Å². The standard InChI is InChI=1S/C13H14N4OS.ClH/c18-13(11-2-1-7-14-11)15-10-5-3-9(4-6-10)12-8-19-17-16-12;/h3-6,8,11,14H,1-2,7H2,(H,15,18);1H. The van der Waals surface area contributed by atoms with Gasteiger partial charge in [-0.3, -0.25) is 4.79 Å². The molecule has 1 aliphatic rings. The van der Waals surface area contributed by atoms with Crippen molar-refractivity contribution < 1.29 is 4.79 Å². The van der Waals surface area contributed by atoms with E-state index in [4.69, 9.17) is 0 Å². The Hall–Kier alpha value is -1.50. The Bertz CT molecular complexity index is 552. The van der Waals surface area contributed by atoms with Crippen molar-refractivity contribution in [1.29, 1.82) is 0 Å². The fraction of sp³-hybridized carbons (Fsp3) is 0.308. The lowest BCUT2D eigenvalue weighted by atomic mass is 10.1. The molecular weight excluding hydrogens is 296 g/mol. The third-order valence-corrected chi connectivity index (χ3v) is 3.69. The predicted octanol–water partition coefficient (Wildman–Crippen LogP) is 2.32. The fourth-order valence-corrected chi connectivity index (χ4v) is 2.62. The van der Waals surface area contributed by atoms with Crippen LogP contribution in [0.5, 0.6) is 0 Å². The lowest BCUT2D eigenvalue weighted by molar-refractivity contribution is -0.117. The molecule has 0 saturated carbocycles. The van der Waals surface area contributed by atoms with Crippen LogP contribution in [0.1, 0.15) is 12.8 Å². The van der Waals surface area contributed by atoms with Gasteiger partial charge >= 0.3 is 0 Å². The molecule has 1 atom stereocenters. The lowest BCUT2D eigenvalue weighted by Gasteiger charge is -2.11. The smallest absolute Gasteiger partial charge is 0.241 e. The summed E-state index contributed by atoms with van der Waals surface area (Å²) in [7, 11) is 0. The van der Waals surface area contributed by atoms with Crippen molar-refractivity contribution >= 4 is 35.5 Å². The molecule has 1 saturated heterocycles. The number of halogens is 1. The highest BCUT2D eigenvalue weighted by Gasteiger charge is 2.21. The Balaban J connectivity index is 0.00000147. The Labute approximate surface area is 127 Å². The van der Waals surface area contributed by atoms with Gasteiger partial charge in [0, 0.05) is 16.6 Å². The van der Waals surface area contributed by atoms with E-state index in [-0.39, 0.29) is 24.4 Å². The first-order valence-corrected chi connectivity index (χ1v) is 7.08. The van der Waals surface area contributed by atoms with Crippen molar-refractivity contribution in [2.24, 2.45) is 0 Å². The summed E-state index contributed by atoms with van der Waals surface area (Å²) in [5.41, 5.74) is 2.68. The van der Waals surface area contributed by atoms with E-state index in [2.05, 4.69) is 20.2 Å². The summed E-state index contributed by atoms with van der Waals surface area (Å²) in [5.74, 6) is 0.0422. The Morgan fingerprint density at radius 1 is 1.35 bits per heavy atom. The SMILES string of the molecule is Cl.O=C(Nc1ccc(-c2csnn2)cc1)C1CCCN1. The van der Waals surface area contributed by atoms with E-state index in [1.807, 2.05) is 29.6 Å². The monoisotopic (exact) mass is 310 g/mol. The molecule has 1 aromatic heterocycles. The minimum atomic E-state index is -0.0533. The number of hydrogen-bond donors (Lipinski definition) is 2. The van der Waals surface area contributed by atoms with Gasteiger partial charge in [0.05, 0.1) is 6.04 Å². The van der Waals surface area contributed by atoms with Crippen molar-refractivity contribution in [3.63, 3.8) is 0 Å². The first kappa shape index (κ1) is 14.9. The number of benzene rings is 1. The molecule has 1 aromatic carbocycles. The number of nitrogens with zero attached hydrogens (tertiary/aromatic N) is 2. The molecule has 0 radical (unpaired) electrons. The normalized spacial score (nSPS) is 17.5. The number of anilines is 1. The molecule has 1 aliphatic heterocycles. The number of carbonyl (C=O) groups is 1. The maximum atomic E-state index is 11.9. The topological polar surface area (TPSA) is 66.9 Å². The van der Waals surface area contributed by atoms with Gasteiger partial charge in [-0.15, -0.1) is 17.5 Å². The molecule has 1 fully saturated rings. The summed E-state index contributed by atoms with van der Waals surface area (Å²) in [6.45, 7) is 0.924. The maximum Gasteiger partial charge on any atom is 0.241 e. The first-order chi connectivity index (χ1) is 9.33. The molecule has 2 aromatic rings. The second-order valence-electron chi connectivity index (χ2n) is 4.51. The minimum absolute atomic E-state index is 0. The van der Waals surface area contributed by atoms with Crippen molar-refractivity contribution in [3.8, 4) is 11.3 Å². The quantitative estimate of drug-likeness (QED) is 0.913. The molecule has 0 bridgehead atoms. The summed E-state index contributed by atoms with van der Waals surface area (Å²) < 4.78 is 3.84. The largest absolute Gasteiger partial charge is 0.325 e. The molecule has 5 nitrogen and oxygen atoms in total. The van der Waals surface area contributed by atoms with Gasteiger partial charge in [-0.25, -0.2) is 0 Å². The third kappa shape index (κ3) is 3.33. The van der Waals surface area contributed by atoms with Gasteiger partial charge in [0.25, 0.3) is 0 Å². The zero-order chi connectivity index (χ0) is 13.1. The zero-order valence-corrected chi connectivity index (χ0v) is 12.3. The molecule has 0 spiro atoms. The van der Waals surface area contributed by atoms with E-state index in [1.165, 1.54) is 11.5 Å². The van der Waals surface area contributed by atoms with Crippen LogP contribution in [0.2, 0.25) is 0 Å². The van der Waals surface area contributed by atoms with E-state index in [0.717, 1.165) is 36.3 Å². The predicted molar refractivity (Wildman–Crippen MR) is 82.2 cm³/mol. The highest BCUT2D eigenvalue weighted by molar-refractivity contribution is 7.03. The number of amides is 1. The van der Waals surface area contributed by atoms with Crippen LogP contribution in [0.15, 0.2) is 29.6 Å². The average Bonchev–Trinajstić information content (AvgIpc) is 3.13. The number of aromatic nitrogens is 2. The summed E-state index contributed by atoms with van der Waals surface area (Å²) >= 11 is 1.33. The second kappa shape index (κ2) is 6.78. The molecule has 3 rings (SSSR count). The van der Waals surface area contributed by atoms with Crippen LogP contribution in [-0.4, -0.2) is 28.1 Å². The van der Waals surface area contributed by atoms with Gasteiger partial charge in [-0.1, -0.05) is 16.6 Å². The van der Waals surface area contributed by atoms with Gasteiger partial charge in [-0.2, -0.15) is 0 Å². The van der Waals surface area contributed by atoms with E-state index in [1.54, 1.807) is 0 Å². The lowest BCUT2D eigenvalue weighted by Crippen LogP contribution is -2.35. The number of rotatable bonds is 3. The molecule has 7 heteroatoms. The number of hydrogen-bond acceptors (Lipinski definition) is 5. The second-order valence-corrected chi connectivity index (χ2v) is 5.12. The third-order valence-electron chi connectivity index (χ3n) is 3.19. The maximum absolute atomic E-state index is 11.9. The highest BCUT2D eigenvalue weighted by atomic mass is 35.5. The van der Waals surface area contributed by atoms with Gasteiger partial charge in [-0.05, 0) is 43.1 Å². The zero-order valence-electron chi connectivity index (χ0n) is 10.7. The Morgan fingerprint density at radius 3 is 2.75 bits per heavy atom. The van der Waals surface area contributed by atoms with E-state index in [9.17, 15) is 4.79 Å². The fourth-order valence-electron chi connectivity index (χ4n) is 2.15. The van der Waals surface area contributed by atoms with Crippen molar-refractivity contribution in [3.05, 3.63) is 29.6 Å². The van der Waals surface area contributed by atoms with Crippen LogP contribution in [0.3, 0.4) is 0 Å². The van der Waals surface area contributed by atoms with Gasteiger partial charge in [0.15, 0.2) is 0 Å². The highest BCUT2D eigenvalue weighted by Crippen LogP contribution is 2.20. The molecule has 0 aliphatic carbocycles. The Kier molecular flexibility index (Phi) is 5.05. The van der Waals surface area contributed by atoms with Crippen molar-refractivity contribution in [1.82, 2.24) is 14.9 Å². The molecule has 2 N–H and O–H groups in total. The molecule has 1 amide bonds. The molecule has 1 unspecified atom stereocenters. The van der Waals surface area contributed by atoms with E-state index < -0.39 is 0 Å². The number of nitrogens with one attached hydrogen (secondary N) is 2. The van der Waals surface area contributed by atoms with Crippen LogP contribution in [0.4, 0.5) is 5.69 Å². The van der Waals surface area contributed by atoms with E-state index >= 15 is 0 Å². The van der Waals surface area contributed by atoms with Crippen LogP contribution in [0.25, 0.3) is 11.3 Å². The van der Waals surface area contributed by atoms with Gasteiger partial charge < -0.3 is 10.6 Å². The molecule has 2 heterocycles. The van der Waals surface area contributed by atoms with Crippen molar-refractivity contribution in [2.75, 3.05) is 11.9 Å². The van der Waals surface area contributed by atoms with E-state index in [0.29, 0.717) is 0 Å². The Morgan fingerprint density at radius 2 is 2.15 bits per heavy atom. The summed E-state index contributed by atoms with van der Waals surface area (Å²) in [6, 6.07) is 7.61. The molecule has 106 valence electrons. The average molecular weight is 311 g/mol. The number of carbonyl (C=O) groups excluding carboxylic acids is 1. The van der Waals surface area contributed by atoms with Crippen LogP contribution < -0.4 is 10.6 Å². The molecular formula is C13H15ClN4OS. The van der Waals surface area contributed by atoms with Gasteiger partial charge in [0.1, 0.15) is 5.69 Å². The first-order valence-electron chi connectivity index (χ1n) is 6.25. The summed E-state index contributed by atoms with van der Waals surface area (Å²) in [4.78, 5) is 11.9. The van der Waals surface area contributed by atoms with Crippen molar-refractivity contribution in [2.45, 2.75) is 18.9 Å². The summed E-state index contributed by atoms with van der Waals surface area (Å²) in [5, 5.41) is 12.0. The minimum Gasteiger partial charge on any atom is -0.325 e. The van der Waals surface area contributed by atoms with Crippen LogP contribution >= 0.6 is 23.9 Å².